The van der Waals surface area contributed by atoms with Gasteiger partial charge in [-0.15, -0.1) is 0 Å². The van der Waals surface area contributed by atoms with Crippen LogP contribution in [0.1, 0.15) is 26.3 Å². The van der Waals surface area contributed by atoms with Gasteiger partial charge in [0.05, 0.1) is 0 Å². The highest BCUT2D eigenvalue weighted by Crippen LogP contribution is 2.20. The van der Waals surface area contributed by atoms with Crippen molar-refractivity contribution in [3.8, 4) is 0 Å². The van der Waals surface area contributed by atoms with Gasteiger partial charge in [0.25, 0.3) is 0 Å². The van der Waals surface area contributed by atoms with Crippen LogP contribution in [-0.4, -0.2) is 16.7 Å². The van der Waals surface area contributed by atoms with Gasteiger partial charge >= 0.3 is 0 Å². The average molecular weight is 230 g/mol. The van der Waals surface area contributed by atoms with Gasteiger partial charge < -0.3 is 9.88 Å². The van der Waals surface area contributed by atoms with Crippen molar-refractivity contribution < 1.29 is 0 Å². The predicted octanol–water partition coefficient (Wildman–Crippen LogP) is 3.11. The SMILES string of the molecule is Cn1cc(CCNC(C)(C)C)c2ccccc21. The van der Waals surface area contributed by atoms with Crippen molar-refractivity contribution >= 4 is 10.9 Å². The first-order valence-electron chi connectivity index (χ1n) is 6.25. The molecule has 0 saturated carbocycles. The molecule has 0 saturated heterocycles. The Hall–Kier alpha value is -1.28. The number of rotatable bonds is 3. The van der Waals surface area contributed by atoms with Gasteiger partial charge in [0.2, 0.25) is 0 Å². The Labute approximate surface area is 104 Å². The number of nitrogens with zero attached hydrogens (tertiary/aromatic N) is 1. The maximum absolute atomic E-state index is 3.54. The summed E-state index contributed by atoms with van der Waals surface area (Å²) >= 11 is 0. The molecule has 0 aliphatic heterocycles. The quantitative estimate of drug-likeness (QED) is 0.857. The number of benzene rings is 1. The predicted molar refractivity (Wildman–Crippen MR) is 74.4 cm³/mol. The van der Waals surface area contributed by atoms with Crippen molar-refractivity contribution in [1.82, 2.24) is 9.88 Å². The minimum Gasteiger partial charge on any atom is -0.350 e. The maximum Gasteiger partial charge on any atom is 0.0480 e. The minimum absolute atomic E-state index is 0.199. The molecule has 92 valence electrons. The summed E-state index contributed by atoms with van der Waals surface area (Å²) in [5.74, 6) is 0. The zero-order chi connectivity index (χ0) is 12.5. The van der Waals surface area contributed by atoms with E-state index < -0.39 is 0 Å². The second-order valence-electron chi connectivity index (χ2n) is 5.71. The molecule has 2 heteroatoms. The zero-order valence-corrected chi connectivity index (χ0v) is 11.2. The van der Waals surface area contributed by atoms with Gasteiger partial charge in [-0.3, -0.25) is 0 Å². The number of hydrogen-bond donors (Lipinski definition) is 1. The molecule has 0 amide bonds. The molecule has 0 unspecified atom stereocenters. The van der Waals surface area contributed by atoms with Crippen molar-refractivity contribution in [3.05, 3.63) is 36.0 Å². The lowest BCUT2D eigenvalue weighted by atomic mass is 10.1. The zero-order valence-electron chi connectivity index (χ0n) is 11.2. The van der Waals surface area contributed by atoms with Gasteiger partial charge in [-0.2, -0.15) is 0 Å². The van der Waals surface area contributed by atoms with Crippen LogP contribution in [-0.2, 0) is 13.5 Å². The van der Waals surface area contributed by atoms with Crippen LogP contribution in [0, 0.1) is 0 Å². The number of para-hydroxylation sites is 1. The highest BCUT2D eigenvalue weighted by atomic mass is 14.9. The Morgan fingerprint density at radius 2 is 1.88 bits per heavy atom. The van der Waals surface area contributed by atoms with E-state index in [1.54, 1.807) is 0 Å². The molecule has 2 aromatic rings. The smallest absolute Gasteiger partial charge is 0.0480 e. The summed E-state index contributed by atoms with van der Waals surface area (Å²) in [6.45, 7) is 7.64. The van der Waals surface area contributed by atoms with E-state index in [1.165, 1.54) is 16.5 Å². The molecule has 1 aromatic carbocycles. The Bertz CT molecular complexity index is 503. The van der Waals surface area contributed by atoms with Crippen LogP contribution in [0.15, 0.2) is 30.5 Å². The summed E-state index contributed by atoms with van der Waals surface area (Å²) in [6, 6.07) is 8.60. The molecule has 1 N–H and O–H groups in total. The molecule has 0 bridgehead atoms. The topological polar surface area (TPSA) is 17.0 Å². The second-order valence-corrected chi connectivity index (χ2v) is 5.71. The van der Waals surface area contributed by atoms with Crippen LogP contribution in [0.25, 0.3) is 10.9 Å². The van der Waals surface area contributed by atoms with Crippen LogP contribution in [0.2, 0.25) is 0 Å². The van der Waals surface area contributed by atoms with Gasteiger partial charge in [0.1, 0.15) is 0 Å². The van der Waals surface area contributed by atoms with E-state index in [1.807, 2.05) is 0 Å². The van der Waals surface area contributed by atoms with Crippen molar-refractivity contribution in [3.63, 3.8) is 0 Å². The third-order valence-electron chi connectivity index (χ3n) is 3.03. The lowest BCUT2D eigenvalue weighted by Gasteiger charge is -2.20. The molecule has 0 atom stereocenters. The first kappa shape index (κ1) is 12.2. The van der Waals surface area contributed by atoms with Crippen molar-refractivity contribution in [1.29, 1.82) is 0 Å². The summed E-state index contributed by atoms with van der Waals surface area (Å²) in [5.41, 5.74) is 2.95. The van der Waals surface area contributed by atoms with Crippen LogP contribution in [0.5, 0.6) is 0 Å². The normalized spacial score (nSPS) is 12.2. The van der Waals surface area contributed by atoms with Crippen LogP contribution < -0.4 is 5.32 Å². The van der Waals surface area contributed by atoms with Gasteiger partial charge in [-0.1, -0.05) is 18.2 Å². The Morgan fingerprint density at radius 1 is 1.18 bits per heavy atom. The molecule has 0 spiro atoms. The van der Waals surface area contributed by atoms with Crippen LogP contribution >= 0.6 is 0 Å². The van der Waals surface area contributed by atoms with Crippen molar-refractivity contribution in [2.45, 2.75) is 32.7 Å². The van der Waals surface area contributed by atoms with Crippen molar-refractivity contribution in [2.75, 3.05) is 6.54 Å². The lowest BCUT2D eigenvalue weighted by Crippen LogP contribution is -2.37. The summed E-state index contributed by atoms with van der Waals surface area (Å²) in [6.07, 6.45) is 3.33. The van der Waals surface area contributed by atoms with E-state index in [2.05, 4.69) is 68.2 Å². The first-order chi connectivity index (χ1) is 7.97. The Kier molecular flexibility index (Phi) is 3.25. The van der Waals surface area contributed by atoms with Crippen LogP contribution in [0.4, 0.5) is 0 Å². The lowest BCUT2D eigenvalue weighted by molar-refractivity contribution is 0.430. The summed E-state index contributed by atoms with van der Waals surface area (Å²) in [4.78, 5) is 0. The van der Waals surface area contributed by atoms with Gasteiger partial charge in [-0.05, 0) is 45.4 Å². The van der Waals surface area contributed by atoms with E-state index in [0.717, 1.165) is 13.0 Å². The second kappa shape index (κ2) is 4.53. The number of aromatic nitrogens is 1. The summed E-state index contributed by atoms with van der Waals surface area (Å²) < 4.78 is 2.21. The van der Waals surface area contributed by atoms with E-state index in [0.29, 0.717) is 0 Å². The van der Waals surface area contributed by atoms with E-state index in [4.69, 9.17) is 0 Å². The highest BCUT2D eigenvalue weighted by molar-refractivity contribution is 5.83. The molecule has 0 radical (unpaired) electrons. The summed E-state index contributed by atoms with van der Waals surface area (Å²) in [7, 11) is 2.11. The molecular formula is C15H22N2. The third-order valence-corrected chi connectivity index (χ3v) is 3.03. The largest absolute Gasteiger partial charge is 0.350 e. The molecule has 2 nitrogen and oxygen atoms in total. The third kappa shape index (κ3) is 2.89. The number of aryl methyl sites for hydroxylation is 1. The average Bonchev–Trinajstić information content (AvgIpc) is 2.55. The fourth-order valence-corrected chi connectivity index (χ4v) is 2.20. The fraction of sp³-hybridized carbons (Fsp3) is 0.467. The van der Waals surface area contributed by atoms with Gasteiger partial charge in [-0.25, -0.2) is 0 Å². The molecule has 0 aliphatic rings. The van der Waals surface area contributed by atoms with E-state index in [9.17, 15) is 0 Å². The Balaban J connectivity index is 2.14. The number of hydrogen-bond acceptors (Lipinski definition) is 1. The number of fused-ring (bicyclic) bond motifs is 1. The number of nitrogens with one attached hydrogen (secondary N) is 1. The fourth-order valence-electron chi connectivity index (χ4n) is 2.20. The van der Waals surface area contributed by atoms with E-state index in [-0.39, 0.29) is 5.54 Å². The minimum atomic E-state index is 0.199. The monoisotopic (exact) mass is 230 g/mol. The van der Waals surface area contributed by atoms with Crippen molar-refractivity contribution in [2.24, 2.45) is 7.05 Å². The molecule has 0 fully saturated rings. The van der Waals surface area contributed by atoms with Crippen LogP contribution in [0.3, 0.4) is 0 Å². The summed E-state index contributed by atoms with van der Waals surface area (Å²) in [5, 5.41) is 4.92. The first-order valence-corrected chi connectivity index (χ1v) is 6.25. The Morgan fingerprint density at radius 3 is 2.59 bits per heavy atom. The van der Waals surface area contributed by atoms with Gasteiger partial charge in [0.15, 0.2) is 0 Å². The maximum atomic E-state index is 3.54. The molecule has 2 rings (SSSR count). The standard InChI is InChI=1S/C15H22N2/c1-15(2,3)16-10-9-12-11-17(4)14-8-6-5-7-13(12)14/h5-8,11,16H,9-10H2,1-4H3. The van der Waals surface area contributed by atoms with Gasteiger partial charge in [0, 0.05) is 29.7 Å². The van der Waals surface area contributed by atoms with E-state index >= 15 is 0 Å². The highest BCUT2D eigenvalue weighted by Gasteiger charge is 2.09. The molecule has 0 aliphatic carbocycles. The molecule has 1 aromatic heterocycles. The molecular weight excluding hydrogens is 208 g/mol. The molecule has 17 heavy (non-hydrogen) atoms. The molecule has 1 heterocycles.